The summed E-state index contributed by atoms with van der Waals surface area (Å²) in [6.45, 7) is 0. The summed E-state index contributed by atoms with van der Waals surface area (Å²) in [5.41, 5.74) is 7.64. The molecule has 0 bridgehead atoms. The first kappa shape index (κ1) is 13.6. The third-order valence-corrected chi connectivity index (χ3v) is 4.67. The Morgan fingerprint density at radius 2 is 1.55 bits per heavy atom. The zero-order valence-corrected chi connectivity index (χ0v) is 11.8. The zero-order valence-electron chi connectivity index (χ0n) is 11.8. The molecule has 0 amide bonds. The van der Waals surface area contributed by atoms with Crippen molar-refractivity contribution in [2.24, 2.45) is 11.7 Å². The summed E-state index contributed by atoms with van der Waals surface area (Å²) in [6.07, 6.45) is 7.61. The van der Waals surface area contributed by atoms with Crippen LogP contribution in [0.4, 0.5) is 4.39 Å². The lowest BCUT2D eigenvalue weighted by Gasteiger charge is -2.24. The molecule has 1 aliphatic carbocycles. The third kappa shape index (κ3) is 2.57. The molecule has 3 rings (SSSR count). The second kappa shape index (κ2) is 5.92. The van der Waals surface area contributed by atoms with Crippen molar-refractivity contribution in [1.82, 2.24) is 0 Å². The van der Waals surface area contributed by atoms with Crippen molar-refractivity contribution in [3.05, 3.63) is 47.8 Å². The van der Waals surface area contributed by atoms with Crippen LogP contribution in [0.3, 0.4) is 0 Å². The predicted octanol–water partition coefficient (Wildman–Crippen LogP) is 4.95. The molecule has 1 nitrogen and oxygen atoms in total. The highest BCUT2D eigenvalue weighted by molar-refractivity contribution is 5.86. The molecule has 0 heterocycles. The molecule has 1 atom stereocenters. The fraction of sp³-hybridized carbons (Fsp3) is 0.444. The number of hydrogen-bond acceptors (Lipinski definition) is 1. The summed E-state index contributed by atoms with van der Waals surface area (Å²) in [5, 5.41) is 1.67. The molecule has 0 aliphatic heterocycles. The van der Waals surface area contributed by atoms with E-state index in [1.807, 2.05) is 30.3 Å². The van der Waals surface area contributed by atoms with Crippen LogP contribution in [0.1, 0.15) is 50.1 Å². The number of nitrogens with two attached hydrogens (primary N) is 1. The van der Waals surface area contributed by atoms with E-state index in [2.05, 4.69) is 0 Å². The van der Waals surface area contributed by atoms with Crippen molar-refractivity contribution in [2.75, 3.05) is 0 Å². The summed E-state index contributed by atoms with van der Waals surface area (Å²) in [5.74, 6) is 0.379. The van der Waals surface area contributed by atoms with Gasteiger partial charge in [-0.2, -0.15) is 0 Å². The second-order valence-electron chi connectivity index (χ2n) is 5.96. The van der Waals surface area contributed by atoms with E-state index in [1.165, 1.54) is 38.5 Å². The van der Waals surface area contributed by atoms with Crippen LogP contribution in [0.15, 0.2) is 36.4 Å². The molecule has 2 aromatic rings. The maximum absolute atomic E-state index is 13.9. The van der Waals surface area contributed by atoms with Gasteiger partial charge in [-0.1, -0.05) is 56.0 Å². The predicted molar refractivity (Wildman–Crippen MR) is 82.0 cm³/mol. The summed E-state index contributed by atoms with van der Waals surface area (Å²) < 4.78 is 13.9. The van der Waals surface area contributed by atoms with Gasteiger partial charge in [-0.15, -0.1) is 0 Å². The van der Waals surface area contributed by atoms with Gasteiger partial charge in [0.2, 0.25) is 0 Å². The number of halogens is 1. The standard InChI is InChI=1S/C18H22FN/c19-17-12-11-16(14-9-5-6-10-15(14)17)18(20)13-7-3-1-2-4-8-13/h5-6,9-13,18H,1-4,7-8,20H2. The van der Waals surface area contributed by atoms with Crippen LogP contribution in [-0.4, -0.2) is 0 Å². The lowest BCUT2D eigenvalue weighted by molar-refractivity contribution is 0.384. The molecule has 0 saturated heterocycles. The quantitative estimate of drug-likeness (QED) is 0.768. The molecule has 1 saturated carbocycles. The lowest BCUT2D eigenvalue weighted by Crippen LogP contribution is -2.21. The Kier molecular flexibility index (Phi) is 4.02. The van der Waals surface area contributed by atoms with Crippen LogP contribution in [-0.2, 0) is 0 Å². The monoisotopic (exact) mass is 271 g/mol. The van der Waals surface area contributed by atoms with Gasteiger partial charge in [-0.25, -0.2) is 4.39 Å². The summed E-state index contributed by atoms with van der Waals surface area (Å²) in [4.78, 5) is 0. The van der Waals surface area contributed by atoms with Crippen LogP contribution < -0.4 is 5.73 Å². The van der Waals surface area contributed by atoms with E-state index in [0.717, 1.165) is 10.9 Å². The van der Waals surface area contributed by atoms with Gasteiger partial charge in [0.15, 0.2) is 0 Å². The fourth-order valence-electron chi connectivity index (χ4n) is 3.50. The van der Waals surface area contributed by atoms with Crippen molar-refractivity contribution in [2.45, 2.75) is 44.6 Å². The molecule has 2 aromatic carbocycles. The minimum Gasteiger partial charge on any atom is -0.324 e. The molecule has 2 N–H and O–H groups in total. The van der Waals surface area contributed by atoms with Crippen LogP contribution in [0.5, 0.6) is 0 Å². The lowest BCUT2D eigenvalue weighted by atomic mass is 9.85. The van der Waals surface area contributed by atoms with E-state index in [-0.39, 0.29) is 11.9 Å². The van der Waals surface area contributed by atoms with E-state index in [1.54, 1.807) is 6.07 Å². The van der Waals surface area contributed by atoms with Gasteiger partial charge < -0.3 is 5.73 Å². The highest BCUT2D eigenvalue weighted by atomic mass is 19.1. The first-order chi connectivity index (χ1) is 9.77. The molecule has 2 heteroatoms. The first-order valence-electron chi connectivity index (χ1n) is 7.70. The van der Waals surface area contributed by atoms with Crippen LogP contribution in [0, 0.1) is 11.7 Å². The minimum atomic E-state index is -0.155. The van der Waals surface area contributed by atoms with Gasteiger partial charge in [0.25, 0.3) is 0 Å². The molecule has 20 heavy (non-hydrogen) atoms. The molecule has 0 spiro atoms. The van der Waals surface area contributed by atoms with E-state index in [4.69, 9.17) is 5.73 Å². The van der Waals surface area contributed by atoms with Crippen molar-refractivity contribution in [1.29, 1.82) is 0 Å². The Bertz CT molecular complexity index is 585. The SMILES string of the molecule is NC(c1ccc(F)c2ccccc12)C1CCCCCC1. The normalized spacial score (nSPS) is 18.9. The van der Waals surface area contributed by atoms with E-state index < -0.39 is 0 Å². The molecule has 1 aliphatic rings. The maximum Gasteiger partial charge on any atom is 0.131 e. The van der Waals surface area contributed by atoms with Crippen molar-refractivity contribution in [3.8, 4) is 0 Å². The second-order valence-corrected chi connectivity index (χ2v) is 5.96. The number of hydrogen-bond donors (Lipinski definition) is 1. The molecule has 106 valence electrons. The van der Waals surface area contributed by atoms with Gasteiger partial charge in [0.1, 0.15) is 5.82 Å². The number of rotatable bonds is 2. The average Bonchev–Trinajstić information content (AvgIpc) is 2.76. The number of benzene rings is 2. The molecular formula is C18H22FN. The van der Waals surface area contributed by atoms with E-state index in [0.29, 0.717) is 11.3 Å². The summed E-state index contributed by atoms with van der Waals surface area (Å²) in [7, 11) is 0. The highest BCUT2D eigenvalue weighted by Crippen LogP contribution is 2.35. The molecule has 1 unspecified atom stereocenters. The smallest absolute Gasteiger partial charge is 0.131 e. The molecule has 1 fully saturated rings. The topological polar surface area (TPSA) is 26.0 Å². The minimum absolute atomic E-state index is 0.0265. The fourth-order valence-corrected chi connectivity index (χ4v) is 3.50. The van der Waals surface area contributed by atoms with Gasteiger partial charge in [-0.05, 0) is 35.8 Å². The van der Waals surface area contributed by atoms with E-state index in [9.17, 15) is 4.39 Å². The molecule has 0 radical (unpaired) electrons. The van der Waals surface area contributed by atoms with Crippen molar-refractivity contribution in [3.63, 3.8) is 0 Å². The Morgan fingerprint density at radius 3 is 2.25 bits per heavy atom. The molecular weight excluding hydrogens is 249 g/mol. The van der Waals surface area contributed by atoms with Gasteiger partial charge in [0, 0.05) is 11.4 Å². The van der Waals surface area contributed by atoms with Crippen LogP contribution >= 0.6 is 0 Å². The summed E-state index contributed by atoms with van der Waals surface area (Å²) >= 11 is 0. The molecule has 0 aromatic heterocycles. The van der Waals surface area contributed by atoms with Crippen LogP contribution in [0.25, 0.3) is 10.8 Å². The Hall–Kier alpha value is -1.41. The van der Waals surface area contributed by atoms with Crippen LogP contribution in [0.2, 0.25) is 0 Å². The largest absolute Gasteiger partial charge is 0.324 e. The Balaban J connectivity index is 1.98. The highest BCUT2D eigenvalue weighted by Gasteiger charge is 2.22. The Labute approximate surface area is 120 Å². The first-order valence-corrected chi connectivity index (χ1v) is 7.70. The Morgan fingerprint density at radius 1 is 0.900 bits per heavy atom. The van der Waals surface area contributed by atoms with Gasteiger partial charge >= 0.3 is 0 Å². The van der Waals surface area contributed by atoms with Gasteiger partial charge in [0.05, 0.1) is 0 Å². The number of fused-ring (bicyclic) bond motifs is 1. The van der Waals surface area contributed by atoms with Gasteiger partial charge in [-0.3, -0.25) is 0 Å². The zero-order chi connectivity index (χ0) is 13.9. The maximum atomic E-state index is 13.9. The third-order valence-electron chi connectivity index (χ3n) is 4.67. The average molecular weight is 271 g/mol. The van der Waals surface area contributed by atoms with Crippen molar-refractivity contribution < 1.29 is 4.39 Å². The van der Waals surface area contributed by atoms with Crippen molar-refractivity contribution >= 4 is 10.8 Å². The summed E-state index contributed by atoms with van der Waals surface area (Å²) in [6, 6.07) is 11.1. The van der Waals surface area contributed by atoms with E-state index >= 15 is 0 Å².